The summed E-state index contributed by atoms with van der Waals surface area (Å²) in [5, 5.41) is 4.10. The Kier molecular flexibility index (Phi) is 4.39. The first kappa shape index (κ1) is 15.6. The van der Waals surface area contributed by atoms with Gasteiger partial charge in [-0.25, -0.2) is 4.39 Å². The summed E-state index contributed by atoms with van der Waals surface area (Å²) in [5.41, 5.74) is 3.57. The van der Waals surface area contributed by atoms with Gasteiger partial charge in [-0.05, 0) is 48.9 Å². The van der Waals surface area contributed by atoms with E-state index >= 15 is 0 Å². The summed E-state index contributed by atoms with van der Waals surface area (Å²) in [4.78, 5) is 5.23. The predicted octanol–water partition coefficient (Wildman–Crippen LogP) is 4.03. The Labute approximate surface area is 137 Å². The molecule has 3 rings (SSSR count). The Bertz CT molecular complexity index is 878. The number of aryl methyl sites for hydroxylation is 1. The van der Waals surface area contributed by atoms with Gasteiger partial charge >= 0.3 is 0 Å². The number of rotatable bonds is 4. The van der Waals surface area contributed by atoms with Gasteiger partial charge in [0.25, 0.3) is 0 Å². The number of hydrogen-bond acceptors (Lipinski definition) is 3. The van der Waals surface area contributed by atoms with Crippen LogP contribution in [0.5, 0.6) is 0 Å². The first-order valence-corrected chi connectivity index (χ1v) is 8.82. The SMILES string of the molecule is Cc1cc(NCc2ccc(S(C)=O)cc2)c2cc(F)ccc2n1. The minimum atomic E-state index is -0.972. The molecule has 0 aliphatic rings. The van der Waals surface area contributed by atoms with Gasteiger partial charge in [0.2, 0.25) is 0 Å². The predicted molar refractivity (Wildman–Crippen MR) is 92.5 cm³/mol. The van der Waals surface area contributed by atoms with Gasteiger partial charge in [-0.1, -0.05) is 12.1 Å². The summed E-state index contributed by atoms with van der Waals surface area (Å²) in [6.45, 7) is 2.52. The fourth-order valence-electron chi connectivity index (χ4n) is 2.47. The fraction of sp³-hybridized carbons (Fsp3) is 0.167. The zero-order valence-electron chi connectivity index (χ0n) is 13.0. The zero-order valence-corrected chi connectivity index (χ0v) is 13.8. The van der Waals surface area contributed by atoms with Gasteiger partial charge in [0.05, 0.1) is 5.52 Å². The zero-order chi connectivity index (χ0) is 16.4. The number of hydrogen-bond donors (Lipinski definition) is 1. The number of aromatic nitrogens is 1. The number of halogens is 1. The first-order valence-electron chi connectivity index (χ1n) is 7.26. The highest BCUT2D eigenvalue weighted by molar-refractivity contribution is 7.84. The van der Waals surface area contributed by atoms with Crippen LogP contribution >= 0.6 is 0 Å². The molecular formula is C18H17FN2OS. The van der Waals surface area contributed by atoms with E-state index in [1.165, 1.54) is 12.1 Å². The molecule has 1 aromatic heterocycles. The topological polar surface area (TPSA) is 42.0 Å². The van der Waals surface area contributed by atoms with Crippen LogP contribution in [0.3, 0.4) is 0 Å². The first-order chi connectivity index (χ1) is 11.0. The lowest BCUT2D eigenvalue weighted by molar-refractivity contribution is 0.629. The molecule has 0 bridgehead atoms. The van der Waals surface area contributed by atoms with Crippen molar-refractivity contribution in [3.05, 3.63) is 65.6 Å². The van der Waals surface area contributed by atoms with Crippen LogP contribution in [0.15, 0.2) is 53.4 Å². The van der Waals surface area contributed by atoms with Gasteiger partial charge in [0.15, 0.2) is 0 Å². The summed E-state index contributed by atoms with van der Waals surface area (Å²) in [5.74, 6) is -0.277. The van der Waals surface area contributed by atoms with Crippen molar-refractivity contribution in [2.45, 2.75) is 18.4 Å². The minimum Gasteiger partial charge on any atom is -0.380 e. The van der Waals surface area contributed by atoms with Gasteiger partial charge < -0.3 is 5.32 Å². The van der Waals surface area contributed by atoms with Crippen LogP contribution in [0, 0.1) is 12.7 Å². The molecule has 0 aliphatic carbocycles. The van der Waals surface area contributed by atoms with Gasteiger partial charge in [0, 0.05) is 45.3 Å². The molecule has 0 saturated heterocycles. The normalized spacial score (nSPS) is 12.3. The molecule has 1 N–H and O–H groups in total. The van der Waals surface area contributed by atoms with E-state index in [1.807, 2.05) is 37.3 Å². The van der Waals surface area contributed by atoms with Crippen molar-refractivity contribution in [1.82, 2.24) is 4.98 Å². The minimum absolute atomic E-state index is 0.277. The second kappa shape index (κ2) is 6.46. The summed E-state index contributed by atoms with van der Waals surface area (Å²) in [7, 11) is -0.972. The van der Waals surface area contributed by atoms with Crippen molar-refractivity contribution in [2.24, 2.45) is 0 Å². The third-order valence-corrected chi connectivity index (χ3v) is 4.57. The highest BCUT2D eigenvalue weighted by Crippen LogP contribution is 2.24. The van der Waals surface area contributed by atoms with Gasteiger partial charge in [-0.3, -0.25) is 9.19 Å². The molecule has 0 aliphatic heterocycles. The van der Waals surface area contributed by atoms with E-state index in [0.717, 1.165) is 32.7 Å². The van der Waals surface area contributed by atoms with Crippen LogP contribution in [0.25, 0.3) is 10.9 Å². The maximum absolute atomic E-state index is 13.5. The Hall–Kier alpha value is -2.27. The largest absolute Gasteiger partial charge is 0.380 e. The van der Waals surface area contributed by atoms with E-state index < -0.39 is 10.8 Å². The van der Waals surface area contributed by atoms with E-state index in [2.05, 4.69) is 10.3 Å². The average molecular weight is 328 g/mol. The standard InChI is InChI=1S/C18H17FN2OS/c1-12-9-18(16-10-14(19)5-8-17(16)21-12)20-11-13-3-6-15(7-4-13)23(2)22/h3-10H,11H2,1-2H3,(H,20,21). The Morgan fingerprint density at radius 2 is 1.87 bits per heavy atom. The Morgan fingerprint density at radius 1 is 1.13 bits per heavy atom. The summed E-state index contributed by atoms with van der Waals surface area (Å²) < 4.78 is 24.9. The highest BCUT2D eigenvalue weighted by atomic mass is 32.2. The average Bonchev–Trinajstić information content (AvgIpc) is 2.53. The third kappa shape index (κ3) is 3.56. The van der Waals surface area contributed by atoms with Gasteiger partial charge in [-0.2, -0.15) is 0 Å². The quantitative estimate of drug-likeness (QED) is 0.786. The molecule has 1 atom stereocenters. The van der Waals surface area contributed by atoms with Crippen molar-refractivity contribution in [3.8, 4) is 0 Å². The summed E-state index contributed by atoms with van der Waals surface area (Å²) >= 11 is 0. The molecule has 2 aromatic carbocycles. The van der Waals surface area contributed by atoms with Crippen LogP contribution in [-0.4, -0.2) is 15.4 Å². The summed E-state index contributed by atoms with van der Waals surface area (Å²) in [6, 6.07) is 14.1. The molecule has 0 saturated carbocycles. The van der Waals surface area contributed by atoms with Crippen LogP contribution < -0.4 is 5.32 Å². The fourth-order valence-corrected chi connectivity index (χ4v) is 2.99. The van der Waals surface area contributed by atoms with Crippen LogP contribution in [-0.2, 0) is 17.3 Å². The van der Waals surface area contributed by atoms with E-state index in [0.29, 0.717) is 6.54 Å². The number of benzene rings is 2. The lowest BCUT2D eigenvalue weighted by Gasteiger charge is -2.11. The monoisotopic (exact) mass is 328 g/mol. The molecule has 118 valence electrons. The van der Waals surface area contributed by atoms with E-state index in [-0.39, 0.29) is 5.82 Å². The molecule has 0 fully saturated rings. The second-order valence-electron chi connectivity index (χ2n) is 5.42. The van der Waals surface area contributed by atoms with Crippen LogP contribution in [0.4, 0.5) is 10.1 Å². The third-order valence-electron chi connectivity index (χ3n) is 3.64. The maximum atomic E-state index is 13.5. The van der Waals surface area contributed by atoms with Crippen molar-refractivity contribution >= 4 is 27.4 Å². The smallest absolute Gasteiger partial charge is 0.124 e. The molecule has 5 heteroatoms. The van der Waals surface area contributed by atoms with Crippen molar-refractivity contribution < 1.29 is 8.60 Å². The maximum Gasteiger partial charge on any atom is 0.124 e. The van der Waals surface area contributed by atoms with Crippen molar-refractivity contribution in [2.75, 3.05) is 11.6 Å². The molecule has 1 unspecified atom stereocenters. The van der Waals surface area contributed by atoms with Crippen LogP contribution in [0.1, 0.15) is 11.3 Å². The van der Waals surface area contributed by atoms with E-state index in [4.69, 9.17) is 0 Å². The number of fused-ring (bicyclic) bond motifs is 1. The van der Waals surface area contributed by atoms with Crippen LogP contribution in [0.2, 0.25) is 0 Å². The summed E-state index contributed by atoms with van der Waals surface area (Å²) in [6.07, 6.45) is 1.66. The van der Waals surface area contributed by atoms with Crippen molar-refractivity contribution in [3.63, 3.8) is 0 Å². The molecular weight excluding hydrogens is 311 g/mol. The van der Waals surface area contributed by atoms with Gasteiger partial charge in [-0.15, -0.1) is 0 Å². The molecule has 3 aromatic rings. The van der Waals surface area contributed by atoms with E-state index in [9.17, 15) is 8.60 Å². The lowest BCUT2D eigenvalue weighted by atomic mass is 10.1. The van der Waals surface area contributed by atoms with E-state index in [1.54, 1.807) is 12.3 Å². The molecule has 1 heterocycles. The second-order valence-corrected chi connectivity index (χ2v) is 6.80. The van der Waals surface area contributed by atoms with Crippen molar-refractivity contribution in [1.29, 1.82) is 0 Å². The number of nitrogens with zero attached hydrogens (tertiary/aromatic N) is 1. The molecule has 0 radical (unpaired) electrons. The lowest BCUT2D eigenvalue weighted by Crippen LogP contribution is -2.02. The highest BCUT2D eigenvalue weighted by Gasteiger charge is 2.06. The molecule has 23 heavy (non-hydrogen) atoms. The number of nitrogens with one attached hydrogen (secondary N) is 1. The molecule has 0 spiro atoms. The number of pyridine rings is 1. The molecule has 3 nitrogen and oxygen atoms in total. The van der Waals surface area contributed by atoms with Gasteiger partial charge in [0.1, 0.15) is 5.82 Å². The number of anilines is 1. The Balaban J connectivity index is 1.86. The molecule has 0 amide bonds. The Morgan fingerprint density at radius 3 is 2.57 bits per heavy atom.